The molecule has 1 atom stereocenters. The van der Waals surface area contributed by atoms with Crippen molar-refractivity contribution in [2.45, 2.75) is 39.0 Å². The van der Waals surface area contributed by atoms with Crippen LogP contribution < -0.4 is 4.74 Å². The second-order valence-corrected chi connectivity index (χ2v) is 5.62. The number of alkyl halides is 2. The van der Waals surface area contributed by atoms with E-state index in [4.69, 9.17) is 4.74 Å². The van der Waals surface area contributed by atoms with Crippen LogP contribution >= 0.6 is 0 Å². The van der Waals surface area contributed by atoms with Crippen LogP contribution in [-0.2, 0) is 9.53 Å². The van der Waals surface area contributed by atoms with Crippen molar-refractivity contribution in [3.05, 3.63) is 29.8 Å². The molecule has 0 saturated carbocycles. The zero-order valence-corrected chi connectivity index (χ0v) is 12.9. The van der Waals surface area contributed by atoms with Gasteiger partial charge in [-0.3, -0.25) is 4.90 Å². The molecular formula is C15H19F2NO4. The van der Waals surface area contributed by atoms with E-state index in [0.717, 1.165) is 4.90 Å². The van der Waals surface area contributed by atoms with Gasteiger partial charge in [0.15, 0.2) is 0 Å². The van der Waals surface area contributed by atoms with E-state index in [1.54, 1.807) is 20.8 Å². The van der Waals surface area contributed by atoms with Crippen LogP contribution in [0, 0.1) is 0 Å². The van der Waals surface area contributed by atoms with Gasteiger partial charge in [0.05, 0.1) is 0 Å². The van der Waals surface area contributed by atoms with Gasteiger partial charge < -0.3 is 14.3 Å². The molecule has 7 heteroatoms. The SMILES string of the molecule is CN(C(=O)OC(C)(C)C)C(C=O)c1ccc(OC(F)F)cc1. The third-order valence-electron chi connectivity index (χ3n) is 2.67. The summed E-state index contributed by atoms with van der Waals surface area (Å²) in [7, 11) is 1.43. The van der Waals surface area contributed by atoms with Crippen molar-refractivity contribution in [3.63, 3.8) is 0 Å². The lowest BCUT2D eigenvalue weighted by molar-refractivity contribution is -0.112. The fraction of sp³-hybridized carbons (Fsp3) is 0.467. The fourth-order valence-corrected chi connectivity index (χ4v) is 1.69. The molecule has 0 saturated heterocycles. The van der Waals surface area contributed by atoms with E-state index in [9.17, 15) is 18.4 Å². The Hall–Kier alpha value is -2.18. The Labute approximate surface area is 127 Å². The maximum atomic E-state index is 12.1. The zero-order valence-electron chi connectivity index (χ0n) is 12.9. The average Bonchev–Trinajstić information content (AvgIpc) is 2.38. The third-order valence-corrected chi connectivity index (χ3v) is 2.67. The summed E-state index contributed by atoms with van der Waals surface area (Å²) in [5, 5.41) is 0. The van der Waals surface area contributed by atoms with Gasteiger partial charge in [-0.2, -0.15) is 8.78 Å². The van der Waals surface area contributed by atoms with E-state index < -0.39 is 24.3 Å². The van der Waals surface area contributed by atoms with Crippen molar-refractivity contribution in [2.75, 3.05) is 7.05 Å². The van der Waals surface area contributed by atoms with Crippen LogP contribution in [0.1, 0.15) is 32.4 Å². The Morgan fingerprint density at radius 2 is 1.77 bits per heavy atom. The van der Waals surface area contributed by atoms with Gasteiger partial charge in [-0.15, -0.1) is 0 Å². The number of carbonyl (C=O) groups excluding carboxylic acids is 2. The molecule has 1 aromatic carbocycles. The van der Waals surface area contributed by atoms with Crippen LogP contribution in [0.2, 0.25) is 0 Å². The number of rotatable bonds is 5. The van der Waals surface area contributed by atoms with Gasteiger partial charge in [0.2, 0.25) is 0 Å². The lowest BCUT2D eigenvalue weighted by Gasteiger charge is -2.28. The molecule has 22 heavy (non-hydrogen) atoms. The molecular weight excluding hydrogens is 296 g/mol. The largest absolute Gasteiger partial charge is 0.444 e. The van der Waals surface area contributed by atoms with Crippen LogP contribution in [0.4, 0.5) is 13.6 Å². The van der Waals surface area contributed by atoms with E-state index in [-0.39, 0.29) is 5.75 Å². The molecule has 122 valence electrons. The van der Waals surface area contributed by atoms with E-state index in [1.807, 2.05) is 0 Å². The van der Waals surface area contributed by atoms with Crippen molar-refractivity contribution in [1.29, 1.82) is 0 Å². The predicted molar refractivity (Wildman–Crippen MR) is 75.9 cm³/mol. The van der Waals surface area contributed by atoms with E-state index in [1.165, 1.54) is 31.3 Å². The summed E-state index contributed by atoms with van der Waals surface area (Å²) in [5.74, 6) is -0.0247. The molecule has 0 aromatic heterocycles. The molecule has 1 unspecified atom stereocenters. The normalized spacial score (nSPS) is 12.7. The summed E-state index contributed by atoms with van der Waals surface area (Å²) in [6.07, 6.45) is -0.0788. The van der Waals surface area contributed by atoms with Crippen molar-refractivity contribution in [2.24, 2.45) is 0 Å². The molecule has 1 rings (SSSR count). The molecule has 0 aliphatic heterocycles. The first-order valence-corrected chi connectivity index (χ1v) is 6.60. The van der Waals surface area contributed by atoms with Crippen molar-refractivity contribution >= 4 is 12.4 Å². The van der Waals surface area contributed by atoms with E-state index >= 15 is 0 Å². The smallest absolute Gasteiger partial charge is 0.410 e. The average molecular weight is 315 g/mol. The van der Waals surface area contributed by atoms with Crippen LogP contribution in [0.15, 0.2) is 24.3 Å². The Morgan fingerprint density at radius 3 is 2.18 bits per heavy atom. The highest BCUT2D eigenvalue weighted by Gasteiger charge is 2.26. The van der Waals surface area contributed by atoms with Crippen LogP contribution in [-0.4, -0.2) is 36.5 Å². The number of likely N-dealkylation sites (N-methyl/N-ethyl adjacent to an activating group) is 1. The lowest BCUT2D eigenvalue weighted by atomic mass is 10.1. The van der Waals surface area contributed by atoms with Crippen molar-refractivity contribution in [3.8, 4) is 5.75 Å². The number of hydrogen-bond acceptors (Lipinski definition) is 4. The standard InChI is InChI=1S/C15H19F2NO4/c1-15(2,3)22-14(20)18(4)12(9-19)10-5-7-11(8-6-10)21-13(16)17/h5-9,12-13H,1-4H3. The lowest BCUT2D eigenvalue weighted by Crippen LogP contribution is -2.37. The maximum absolute atomic E-state index is 12.1. The van der Waals surface area contributed by atoms with E-state index in [2.05, 4.69) is 4.74 Å². The topological polar surface area (TPSA) is 55.8 Å². The summed E-state index contributed by atoms with van der Waals surface area (Å²) in [6, 6.07) is 4.62. The molecule has 0 N–H and O–H groups in total. The van der Waals surface area contributed by atoms with Gasteiger partial charge >= 0.3 is 12.7 Å². The van der Waals surface area contributed by atoms with Crippen LogP contribution in [0.25, 0.3) is 0 Å². The molecule has 1 amide bonds. The predicted octanol–water partition coefficient (Wildman–Crippen LogP) is 3.39. The molecule has 1 aromatic rings. The molecule has 0 aliphatic carbocycles. The van der Waals surface area contributed by atoms with E-state index in [0.29, 0.717) is 11.8 Å². The van der Waals surface area contributed by atoms with Gasteiger partial charge in [-0.25, -0.2) is 4.79 Å². The molecule has 5 nitrogen and oxygen atoms in total. The fourth-order valence-electron chi connectivity index (χ4n) is 1.69. The number of ether oxygens (including phenoxy) is 2. The third kappa shape index (κ3) is 5.31. The molecule has 0 bridgehead atoms. The Bertz CT molecular complexity index is 511. The summed E-state index contributed by atoms with van der Waals surface area (Å²) >= 11 is 0. The summed E-state index contributed by atoms with van der Waals surface area (Å²) in [5.41, 5.74) is -0.224. The highest BCUT2D eigenvalue weighted by molar-refractivity contribution is 5.74. The number of hydrogen-bond donors (Lipinski definition) is 0. The number of aldehydes is 1. The second kappa shape index (κ2) is 7.20. The molecule has 0 fully saturated rings. The highest BCUT2D eigenvalue weighted by atomic mass is 19.3. The van der Waals surface area contributed by atoms with Gasteiger partial charge in [0.25, 0.3) is 0 Å². The minimum absolute atomic E-state index is 0.0247. The van der Waals surface area contributed by atoms with Crippen LogP contribution in [0.3, 0.4) is 0 Å². The van der Waals surface area contributed by atoms with Crippen molar-refractivity contribution < 1.29 is 27.8 Å². The van der Waals surface area contributed by atoms with Gasteiger partial charge in [-0.1, -0.05) is 12.1 Å². The maximum Gasteiger partial charge on any atom is 0.410 e. The first kappa shape index (κ1) is 17.9. The molecule has 0 spiro atoms. The number of benzene rings is 1. The van der Waals surface area contributed by atoms with Gasteiger partial charge in [0.1, 0.15) is 23.7 Å². The minimum atomic E-state index is -2.92. The summed E-state index contributed by atoms with van der Waals surface area (Å²) < 4.78 is 33.6. The Balaban J connectivity index is 2.86. The summed E-state index contributed by atoms with van der Waals surface area (Å²) in [6.45, 7) is 2.22. The van der Waals surface area contributed by atoms with Crippen molar-refractivity contribution in [1.82, 2.24) is 4.90 Å². The first-order chi connectivity index (χ1) is 10.1. The molecule has 0 radical (unpaired) electrons. The zero-order chi connectivity index (χ0) is 16.9. The monoisotopic (exact) mass is 315 g/mol. The second-order valence-electron chi connectivity index (χ2n) is 5.62. The van der Waals surface area contributed by atoms with Crippen LogP contribution in [0.5, 0.6) is 5.75 Å². The minimum Gasteiger partial charge on any atom is -0.444 e. The number of carbonyl (C=O) groups is 2. The Kier molecular flexibility index (Phi) is 5.84. The quantitative estimate of drug-likeness (QED) is 0.782. The Morgan fingerprint density at radius 1 is 1.23 bits per heavy atom. The molecule has 0 heterocycles. The summed E-state index contributed by atoms with van der Waals surface area (Å²) in [4.78, 5) is 24.4. The number of amides is 1. The highest BCUT2D eigenvalue weighted by Crippen LogP contribution is 2.23. The molecule has 0 aliphatic rings. The van der Waals surface area contributed by atoms with Gasteiger partial charge in [0, 0.05) is 7.05 Å². The van der Waals surface area contributed by atoms with Gasteiger partial charge in [-0.05, 0) is 38.5 Å². The first-order valence-electron chi connectivity index (χ1n) is 6.60. The number of halogens is 2. The number of nitrogens with zero attached hydrogens (tertiary/aromatic N) is 1.